The fourth-order valence-electron chi connectivity index (χ4n) is 3.24. The van der Waals surface area contributed by atoms with Crippen molar-refractivity contribution in [3.63, 3.8) is 0 Å². The van der Waals surface area contributed by atoms with Crippen molar-refractivity contribution in [1.29, 1.82) is 0 Å². The predicted octanol–water partition coefficient (Wildman–Crippen LogP) is 3.08. The lowest BCUT2D eigenvalue weighted by molar-refractivity contribution is -0.118. The van der Waals surface area contributed by atoms with Gasteiger partial charge in [0.15, 0.2) is 5.16 Å². The van der Waals surface area contributed by atoms with Crippen LogP contribution in [0.3, 0.4) is 0 Å². The molecule has 7 heteroatoms. The number of hydrogen-bond acceptors (Lipinski definition) is 5. The van der Waals surface area contributed by atoms with Gasteiger partial charge < -0.3 is 5.32 Å². The van der Waals surface area contributed by atoms with E-state index in [9.17, 15) is 9.59 Å². The molecule has 2 aromatic heterocycles. The number of thioether (sulfide) groups is 1. The molecule has 136 valence electrons. The van der Waals surface area contributed by atoms with Gasteiger partial charge in [-0.3, -0.25) is 14.2 Å². The first kappa shape index (κ1) is 18.5. The molecule has 2 aromatic rings. The molecule has 25 heavy (non-hydrogen) atoms. The van der Waals surface area contributed by atoms with Gasteiger partial charge in [-0.15, -0.1) is 11.3 Å². The lowest BCUT2D eigenvalue weighted by Gasteiger charge is -2.18. The van der Waals surface area contributed by atoms with Crippen LogP contribution in [0.2, 0.25) is 0 Å². The lowest BCUT2D eigenvalue weighted by atomic mass is 9.89. The van der Waals surface area contributed by atoms with Gasteiger partial charge in [-0.1, -0.05) is 32.5 Å². The number of thiophene rings is 1. The molecule has 0 aliphatic heterocycles. The van der Waals surface area contributed by atoms with Crippen molar-refractivity contribution in [3.05, 3.63) is 20.8 Å². The first-order valence-corrected chi connectivity index (χ1v) is 10.6. The van der Waals surface area contributed by atoms with E-state index in [1.54, 1.807) is 23.0 Å². The van der Waals surface area contributed by atoms with E-state index >= 15 is 0 Å². The van der Waals surface area contributed by atoms with Crippen molar-refractivity contribution in [1.82, 2.24) is 14.9 Å². The van der Waals surface area contributed by atoms with Gasteiger partial charge in [-0.2, -0.15) is 0 Å². The topological polar surface area (TPSA) is 64.0 Å². The molecule has 0 aromatic carbocycles. The van der Waals surface area contributed by atoms with E-state index < -0.39 is 0 Å². The van der Waals surface area contributed by atoms with Gasteiger partial charge in [0, 0.05) is 18.5 Å². The third-order valence-electron chi connectivity index (χ3n) is 4.54. The standard InChI is InChI=1S/C18H25N3O2S2/c1-10(2)8-21-17(23)15-12-6-5-11(3)7-13(12)25-16(15)20-18(21)24-9-14(22)19-4/h10-11H,5-9H2,1-4H3,(H,19,22)/t11-/m0/s1. The van der Waals surface area contributed by atoms with Gasteiger partial charge in [0.1, 0.15) is 4.83 Å². The smallest absolute Gasteiger partial charge is 0.263 e. The number of aromatic nitrogens is 2. The molecule has 0 unspecified atom stereocenters. The van der Waals surface area contributed by atoms with Crippen molar-refractivity contribution in [2.45, 2.75) is 51.7 Å². The second-order valence-corrected chi connectivity index (χ2v) is 9.22. The van der Waals surface area contributed by atoms with Crippen molar-refractivity contribution < 1.29 is 4.79 Å². The predicted molar refractivity (Wildman–Crippen MR) is 105 cm³/mol. The second kappa shape index (κ2) is 7.50. The monoisotopic (exact) mass is 379 g/mol. The average molecular weight is 380 g/mol. The zero-order chi connectivity index (χ0) is 18.1. The van der Waals surface area contributed by atoms with Crippen molar-refractivity contribution in [2.24, 2.45) is 11.8 Å². The van der Waals surface area contributed by atoms with Gasteiger partial charge in [0.25, 0.3) is 5.56 Å². The Bertz CT molecular complexity index is 854. The third-order valence-corrected chi connectivity index (χ3v) is 6.66. The fraction of sp³-hybridized carbons (Fsp3) is 0.611. The number of fused-ring (bicyclic) bond motifs is 3. The van der Waals surface area contributed by atoms with Crippen LogP contribution in [0.25, 0.3) is 10.2 Å². The van der Waals surface area contributed by atoms with E-state index in [1.807, 2.05) is 0 Å². The van der Waals surface area contributed by atoms with Crippen LogP contribution in [-0.4, -0.2) is 28.3 Å². The number of nitrogens with zero attached hydrogens (tertiary/aromatic N) is 2. The summed E-state index contributed by atoms with van der Waals surface area (Å²) in [5.74, 6) is 1.22. The summed E-state index contributed by atoms with van der Waals surface area (Å²) in [7, 11) is 1.62. The summed E-state index contributed by atoms with van der Waals surface area (Å²) >= 11 is 3.00. The summed E-state index contributed by atoms with van der Waals surface area (Å²) in [5, 5.41) is 4.09. The van der Waals surface area contributed by atoms with Crippen LogP contribution < -0.4 is 10.9 Å². The summed E-state index contributed by atoms with van der Waals surface area (Å²) in [4.78, 5) is 31.8. The van der Waals surface area contributed by atoms with Crippen LogP contribution in [0, 0.1) is 11.8 Å². The van der Waals surface area contributed by atoms with E-state index in [4.69, 9.17) is 4.98 Å². The molecule has 2 heterocycles. The SMILES string of the molecule is CNC(=O)CSc1nc2sc3c(c2c(=O)n1CC(C)C)CC[C@H](C)C3. The molecule has 5 nitrogen and oxygen atoms in total. The van der Waals surface area contributed by atoms with Crippen LogP contribution in [0.4, 0.5) is 0 Å². The minimum absolute atomic E-state index is 0.0603. The van der Waals surface area contributed by atoms with E-state index in [-0.39, 0.29) is 17.2 Å². The maximum atomic E-state index is 13.2. The minimum Gasteiger partial charge on any atom is -0.358 e. The minimum atomic E-state index is -0.0604. The molecule has 0 saturated carbocycles. The Balaban J connectivity index is 2.11. The average Bonchev–Trinajstić information content (AvgIpc) is 2.92. The summed E-state index contributed by atoms with van der Waals surface area (Å²) in [5.41, 5.74) is 1.28. The first-order valence-electron chi connectivity index (χ1n) is 8.79. The van der Waals surface area contributed by atoms with Crippen molar-refractivity contribution in [3.8, 4) is 0 Å². The maximum Gasteiger partial charge on any atom is 0.263 e. The van der Waals surface area contributed by atoms with Crippen molar-refractivity contribution >= 4 is 39.2 Å². The van der Waals surface area contributed by atoms with Crippen LogP contribution in [-0.2, 0) is 24.2 Å². The van der Waals surface area contributed by atoms with E-state index in [1.165, 1.54) is 22.2 Å². The third kappa shape index (κ3) is 3.77. The van der Waals surface area contributed by atoms with Gasteiger partial charge in [-0.05, 0) is 36.7 Å². The Kier molecular flexibility index (Phi) is 5.53. The largest absolute Gasteiger partial charge is 0.358 e. The highest BCUT2D eigenvalue weighted by molar-refractivity contribution is 7.99. The molecule has 0 spiro atoms. The molecule has 1 N–H and O–H groups in total. The Hall–Kier alpha value is -1.34. The Morgan fingerprint density at radius 1 is 1.48 bits per heavy atom. The highest BCUT2D eigenvalue weighted by atomic mass is 32.2. The van der Waals surface area contributed by atoms with Crippen LogP contribution >= 0.6 is 23.1 Å². The Labute approximate surface area is 156 Å². The van der Waals surface area contributed by atoms with Crippen LogP contribution in [0.15, 0.2) is 9.95 Å². The molecule has 0 bridgehead atoms. The zero-order valence-corrected chi connectivity index (χ0v) is 16.9. The number of carbonyl (C=O) groups excluding carboxylic acids is 1. The number of amides is 1. The fourth-order valence-corrected chi connectivity index (χ4v) is 5.55. The summed E-state index contributed by atoms with van der Waals surface area (Å²) in [6, 6.07) is 0. The first-order chi connectivity index (χ1) is 11.9. The second-order valence-electron chi connectivity index (χ2n) is 7.20. The molecule has 3 rings (SSSR count). The molecule has 1 atom stereocenters. The molecule has 0 fully saturated rings. The highest BCUT2D eigenvalue weighted by Crippen LogP contribution is 2.36. The molecule has 1 aliphatic rings. The maximum absolute atomic E-state index is 13.2. The normalized spacial score (nSPS) is 17.1. The highest BCUT2D eigenvalue weighted by Gasteiger charge is 2.25. The molecule has 1 amide bonds. The summed E-state index contributed by atoms with van der Waals surface area (Å²) < 4.78 is 1.77. The molecular weight excluding hydrogens is 354 g/mol. The van der Waals surface area contributed by atoms with E-state index in [2.05, 4.69) is 26.1 Å². The molecule has 1 aliphatic carbocycles. The van der Waals surface area contributed by atoms with Gasteiger partial charge in [0.2, 0.25) is 5.91 Å². The number of rotatable bonds is 5. The van der Waals surface area contributed by atoms with Crippen molar-refractivity contribution in [2.75, 3.05) is 12.8 Å². The van der Waals surface area contributed by atoms with Gasteiger partial charge in [0.05, 0.1) is 11.1 Å². The number of nitrogens with one attached hydrogen (secondary N) is 1. The van der Waals surface area contributed by atoms with Crippen LogP contribution in [0.1, 0.15) is 37.6 Å². The van der Waals surface area contributed by atoms with Crippen LogP contribution in [0.5, 0.6) is 0 Å². The molecule has 0 saturated heterocycles. The number of hydrogen-bond donors (Lipinski definition) is 1. The lowest BCUT2D eigenvalue weighted by Crippen LogP contribution is -2.27. The van der Waals surface area contributed by atoms with Gasteiger partial charge in [-0.25, -0.2) is 4.98 Å². The van der Waals surface area contributed by atoms with Gasteiger partial charge >= 0.3 is 0 Å². The summed E-state index contributed by atoms with van der Waals surface area (Å²) in [6.07, 6.45) is 3.15. The summed E-state index contributed by atoms with van der Waals surface area (Å²) in [6.45, 7) is 7.07. The molecular formula is C18H25N3O2S2. The number of carbonyl (C=O) groups is 1. The van der Waals surface area contributed by atoms with E-state index in [0.717, 1.165) is 29.5 Å². The van der Waals surface area contributed by atoms with E-state index in [0.29, 0.717) is 23.5 Å². The Morgan fingerprint density at radius 3 is 2.92 bits per heavy atom. The number of aryl methyl sites for hydroxylation is 1. The zero-order valence-electron chi connectivity index (χ0n) is 15.2. The Morgan fingerprint density at radius 2 is 2.24 bits per heavy atom. The molecule has 0 radical (unpaired) electrons. The quantitative estimate of drug-likeness (QED) is 0.640.